The summed E-state index contributed by atoms with van der Waals surface area (Å²) in [6.45, 7) is 2.17. The van der Waals surface area contributed by atoms with E-state index in [1.807, 2.05) is 24.3 Å². The van der Waals surface area contributed by atoms with Crippen molar-refractivity contribution in [3.8, 4) is 0 Å². The van der Waals surface area contributed by atoms with Crippen LogP contribution < -0.4 is 16.0 Å². The van der Waals surface area contributed by atoms with Crippen LogP contribution in [0.4, 0.5) is 10.5 Å². The first-order chi connectivity index (χ1) is 10.6. The highest BCUT2D eigenvalue weighted by atomic mass is 16.2. The van der Waals surface area contributed by atoms with E-state index in [9.17, 15) is 14.4 Å². The number of benzene rings is 1. The van der Waals surface area contributed by atoms with Gasteiger partial charge in [0.05, 0.1) is 6.42 Å². The van der Waals surface area contributed by atoms with Crippen LogP contribution in [0.3, 0.4) is 0 Å². The standard InChI is InChI=1S/C16H21N3O3/c1-2-3-4-5-11-6-8-12(9-7-11)17-14(20)10-13-15(21)19-16(22)18-13/h6-9,13H,2-5,10H2,1H3,(H,17,20)(H2,18,19,21,22)/t13-/m1/s1. The monoisotopic (exact) mass is 303 g/mol. The van der Waals surface area contributed by atoms with Gasteiger partial charge in [-0.25, -0.2) is 4.79 Å². The average molecular weight is 303 g/mol. The van der Waals surface area contributed by atoms with E-state index >= 15 is 0 Å². The topological polar surface area (TPSA) is 87.3 Å². The number of hydrogen-bond acceptors (Lipinski definition) is 3. The molecule has 0 aliphatic carbocycles. The molecule has 1 atom stereocenters. The van der Waals surface area contributed by atoms with Crippen LogP contribution in [0.1, 0.15) is 38.2 Å². The Bertz CT molecular complexity index is 554. The first-order valence-electron chi connectivity index (χ1n) is 7.58. The summed E-state index contributed by atoms with van der Waals surface area (Å²) in [7, 11) is 0. The highest BCUT2D eigenvalue weighted by Gasteiger charge is 2.31. The van der Waals surface area contributed by atoms with Gasteiger partial charge in [-0.3, -0.25) is 14.9 Å². The summed E-state index contributed by atoms with van der Waals surface area (Å²) in [5.41, 5.74) is 1.93. The smallest absolute Gasteiger partial charge is 0.322 e. The van der Waals surface area contributed by atoms with Crippen LogP contribution in [0.25, 0.3) is 0 Å². The molecule has 1 aromatic carbocycles. The van der Waals surface area contributed by atoms with E-state index in [1.165, 1.54) is 24.8 Å². The largest absolute Gasteiger partial charge is 0.326 e. The van der Waals surface area contributed by atoms with Crippen LogP contribution >= 0.6 is 0 Å². The Labute approximate surface area is 129 Å². The molecule has 0 spiro atoms. The van der Waals surface area contributed by atoms with Gasteiger partial charge in [-0.05, 0) is 30.5 Å². The summed E-state index contributed by atoms with van der Waals surface area (Å²) >= 11 is 0. The normalized spacial score (nSPS) is 17.0. The molecular formula is C16H21N3O3. The molecule has 6 heteroatoms. The number of anilines is 1. The quantitative estimate of drug-likeness (QED) is 0.531. The molecule has 3 N–H and O–H groups in total. The highest BCUT2D eigenvalue weighted by molar-refractivity contribution is 6.06. The first-order valence-corrected chi connectivity index (χ1v) is 7.58. The van der Waals surface area contributed by atoms with Gasteiger partial charge in [0.2, 0.25) is 5.91 Å². The predicted octanol–water partition coefficient (Wildman–Crippen LogP) is 1.96. The van der Waals surface area contributed by atoms with Gasteiger partial charge in [0.1, 0.15) is 6.04 Å². The number of urea groups is 1. The second-order valence-electron chi connectivity index (χ2n) is 5.42. The number of carbonyl (C=O) groups is 3. The van der Waals surface area contributed by atoms with Crippen molar-refractivity contribution in [3.63, 3.8) is 0 Å². The van der Waals surface area contributed by atoms with Crippen molar-refractivity contribution < 1.29 is 14.4 Å². The van der Waals surface area contributed by atoms with Crippen LogP contribution in [0.15, 0.2) is 24.3 Å². The van der Waals surface area contributed by atoms with Crippen molar-refractivity contribution in [2.24, 2.45) is 0 Å². The van der Waals surface area contributed by atoms with Crippen molar-refractivity contribution in [2.45, 2.75) is 45.1 Å². The van der Waals surface area contributed by atoms with Gasteiger partial charge in [0.15, 0.2) is 0 Å². The maximum absolute atomic E-state index is 11.9. The number of carbonyl (C=O) groups excluding carboxylic acids is 3. The second kappa shape index (κ2) is 7.59. The zero-order valence-electron chi connectivity index (χ0n) is 12.6. The van der Waals surface area contributed by atoms with Crippen molar-refractivity contribution >= 4 is 23.5 Å². The molecule has 1 aliphatic rings. The zero-order valence-corrected chi connectivity index (χ0v) is 12.6. The van der Waals surface area contributed by atoms with E-state index in [-0.39, 0.29) is 12.3 Å². The van der Waals surface area contributed by atoms with E-state index < -0.39 is 18.0 Å². The second-order valence-corrected chi connectivity index (χ2v) is 5.42. The van der Waals surface area contributed by atoms with Crippen LogP contribution in [-0.4, -0.2) is 23.9 Å². The van der Waals surface area contributed by atoms with Gasteiger partial charge in [-0.2, -0.15) is 0 Å². The summed E-state index contributed by atoms with van der Waals surface area (Å²) in [5, 5.41) is 7.23. The van der Waals surface area contributed by atoms with Gasteiger partial charge >= 0.3 is 6.03 Å². The number of unbranched alkanes of at least 4 members (excludes halogenated alkanes) is 2. The van der Waals surface area contributed by atoms with Crippen LogP contribution in [0.5, 0.6) is 0 Å². The molecule has 6 nitrogen and oxygen atoms in total. The molecular weight excluding hydrogens is 282 g/mol. The number of amides is 4. The van der Waals surface area contributed by atoms with E-state index in [4.69, 9.17) is 0 Å². The SMILES string of the molecule is CCCCCc1ccc(NC(=O)C[C@H]2NC(=O)NC2=O)cc1. The molecule has 22 heavy (non-hydrogen) atoms. The summed E-state index contributed by atoms with van der Waals surface area (Å²) < 4.78 is 0. The molecule has 1 heterocycles. The fraction of sp³-hybridized carbons (Fsp3) is 0.438. The zero-order chi connectivity index (χ0) is 15.9. The Balaban J connectivity index is 1.81. The summed E-state index contributed by atoms with van der Waals surface area (Å²) in [6.07, 6.45) is 4.54. The first kappa shape index (κ1) is 16.0. The van der Waals surface area contributed by atoms with Crippen LogP contribution in [0, 0.1) is 0 Å². The van der Waals surface area contributed by atoms with Crippen LogP contribution in [-0.2, 0) is 16.0 Å². The van der Waals surface area contributed by atoms with E-state index in [0.717, 1.165) is 6.42 Å². The Morgan fingerprint density at radius 2 is 1.91 bits per heavy atom. The molecule has 1 saturated heterocycles. The number of hydrogen-bond donors (Lipinski definition) is 3. The maximum atomic E-state index is 11.9. The molecule has 0 bridgehead atoms. The van der Waals surface area contributed by atoms with Gasteiger partial charge < -0.3 is 10.6 Å². The Hall–Kier alpha value is -2.37. The number of imide groups is 1. The van der Waals surface area contributed by atoms with E-state index in [1.54, 1.807) is 0 Å². The Kier molecular flexibility index (Phi) is 5.52. The number of aryl methyl sites for hydroxylation is 1. The van der Waals surface area contributed by atoms with Crippen molar-refractivity contribution in [1.29, 1.82) is 0 Å². The molecule has 1 aliphatic heterocycles. The van der Waals surface area contributed by atoms with Gasteiger partial charge in [-0.15, -0.1) is 0 Å². The minimum Gasteiger partial charge on any atom is -0.326 e. The highest BCUT2D eigenvalue weighted by Crippen LogP contribution is 2.13. The lowest BCUT2D eigenvalue weighted by atomic mass is 10.1. The fourth-order valence-corrected chi connectivity index (χ4v) is 2.33. The summed E-state index contributed by atoms with van der Waals surface area (Å²) in [5.74, 6) is -0.771. The molecule has 118 valence electrons. The molecule has 4 amide bonds. The lowest BCUT2D eigenvalue weighted by molar-refractivity contribution is -0.124. The minimum atomic E-state index is -0.791. The molecule has 0 saturated carbocycles. The van der Waals surface area contributed by atoms with E-state index in [2.05, 4.69) is 22.9 Å². The minimum absolute atomic E-state index is 0.0736. The summed E-state index contributed by atoms with van der Waals surface area (Å²) in [4.78, 5) is 34.2. The molecule has 0 radical (unpaired) electrons. The van der Waals surface area contributed by atoms with Gasteiger partial charge in [0.25, 0.3) is 5.91 Å². The number of nitrogens with one attached hydrogen (secondary N) is 3. The predicted molar refractivity (Wildman–Crippen MR) is 83.4 cm³/mol. The maximum Gasteiger partial charge on any atom is 0.322 e. The third kappa shape index (κ3) is 4.58. The number of rotatable bonds is 7. The fourth-order valence-electron chi connectivity index (χ4n) is 2.33. The van der Waals surface area contributed by atoms with Crippen molar-refractivity contribution in [3.05, 3.63) is 29.8 Å². The van der Waals surface area contributed by atoms with Crippen molar-refractivity contribution in [1.82, 2.24) is 10.6 Å². The third-order valence-corrected chi connectivity index (χ3v) is 3.55. The molecule has 1 aromatic rings. The summed E-state index contributed by atoms with van der Waals surface area (Å²) in [6, 6.07) is 6.35. The molecule has 2 rings (SSSR count). The molecule has 0 aromatic heterocycles. The molecule has 1 fully saturated rings. The van der Waals surface area contributed by atoms with Gasteiger partial charge in [0, 0.05) is 5.69 Å². The lowest BCUT2D eigenvalue weighted by Crippen LogP contribution is -2.33. The third-order valence-electron chi connectivity index (χ3n) is 3.55. The van der Waals surface area contributed by atoms with Crippen LogP contribution in [0.2, 0.25) is 0 Å². The van der Waals surface area contributed by atoms with Gasteiger partial charge in [-0.1, -0.05) is 31.9 Å². The Morgan fingerprint density at radius 1 is 1.18 bits per heavy atom. The Morgan fingerprint density at radius 3 is 2.50 bits per heavy atom. The lowest BCUT2D eigenvalue weighted by Gasteiger charge is -2.09. The average Bonchev–Trinajstić information content (AvgIpc) is 2.79. The van der Waals surface area contributed by atoms with E-state index in [0.29, 0.717) is 5.69 Å². The molecule has 0 unspecified atom stereocenters. The van der Waals surface area contributed by atoms with Crippen molar-refractivity contribution in [2.75, 3.05) is 5.32 Å².